The molecular weight excluding hydrogens is 283 g/mol. The van der Waals surface area contributed by atoms with E-state index in [1.807, 2.05) is 0 Å². The summed E-state index contributed by atoms with van der Waals surface area (Å²) < 4.78 is 13.2. The molecule has 0 aromatic heterocycles. The Bertz CT molecular complexity index is 570. The van der Waals surface area contributed by atoms with Gasteiger partial charge >= 0.3 is 0 Å². The molecule has 3 rings (SSSR count). The van der Waals surface area contributed by atoms with Crippen molar-refractivity contribution in [2.24, 2.45) is 5.92 Å². The van der Waals surface area contributed by atoms with Crippen molar-refractivity contribution in [1.82, 2.24) is 10.2 Å². The second kappa shape index (κ2) is 6.46. The Labute approximate surface area is 129 Å². The highest BCUT2D eigenvalue weighted by atomic mass is 19.1. The first-order valence-corrected chi connectivity index (χ1v) is 7.94. The van der Waals surface area contributed by atoms with Gasteiger partial charge in [-0.15, -0.1) is 0 Å². The number of hydrogen-bond acceptors (Lipinski definition) is 2. The van der Waals surface area contributed by atoms with Gasteiger partial charge in [0, 0.05) is 25.4 Å². The summed E-state index contributed by atoms with van der Waals surface area (Å²) in [7, 11) is 0. The lowest BCUT2D eigenvalue weighted by atomic mass is 10.1. The van der Waals surface area contributed by atoms with Crippen LogP contribution >= 0.6 is 0 Å². The van der Waals surface area contributed by atoms with Gasteiger partial charge in [0.15, 0.2) is 0 Å². The van der Waals surface area contributed by atoms with Gasteiger partial charge in [-0.3, -0.25) is 9.59 Å². The number of carbonyl (C=O) groups excluding carboxylic acids is 2. The number of benzene rings is 1. The Balaban J connectivity index is 1.55. The highest BCUT2D eigenvalue weighted by molar-refractivity contribution is 5.83. The van der Waals surface area contributed by atoms with Crippen molar-refractivity contribution in [1.29, 1.82) is 0 Å². The molecule has 1 aliphatic carbocycles. The highest BCUT2D eigenvalue weighted by Gasteiger charge is 2.32. The fourth-order valence-electron chi connectivity index (χ4n) is 3.38. The molecule has 4 nitrogen and oxygen atoms in total. The van der Waals surface area contributed by atoms with E-state index in [1.165, 1.54) is 12.1 Å². The van der Waals surface area contributed by atoms with Gasteiger partial charge in [-0.25, -0.2) is 4.39 Å². The van der Waals surface area contributed by atoms with Crippen LogP contribution in [0.1, 0.15) is 37.7 Å². The van der Waals surface area contributed by atoms with Crippen LogP contribution in [0.5, 0.6) is 0 Å². The Morgan fingerprint density at radius 1 is 1.32 bits per heavy atom. The summed E-state index contributed by atoms with van der Waals surface area (Å²) in [5.41, 5.74) is 0.774. The average molecular weight is 304 g/mol. The number of hydrogen-bond donors (Lipinski definition) is 1. The SMILES string of the molecule is O=C(N[C@@H]1CC(=O)N(Cc2cccc(F)c2)C1)C1CCCC1. The molecule has 1 N–H and O–H groups in total. The van der Waals surface area contributed by atoms with Crippen molar-refractivity contribution in [2.75, 3.05) is 6.54 Å². The third kappa shape index (κ3) is 3.46. The fourth-order valence-corrected chi connectivity index (χ4v) is 3.38. The Hall–Kier alpha value is -1.91. The van der Waals surface area contributed by atoms with Gasteiger partial charge in [0.2, 0.25) is 11.8 Å². The van der Waals surface area contributed by atoms with Gasteiger partial charge in [-0.1, -0.05) is 25.0 Å². The zero-order valence-corrected chi connectivity index (χ0v) is 12.6. The molecule has 5 heteroatoms. The number of rotatable bonds is 4. The van der Waals surface area contributed by atoms with Crippen LogP contribution in [0.3, 0.4) is 0 Å². The van der Waals surface area contributed by atoms with Crippen molar-refractivity contribution in [3.05, 3.63) is 35.6 Å². The van der Waals surface area contributed by atoms with Crippen molar-refractivity contribution in [3.63, 3.8) is 0 Å². The molecule has 1 saturated carbocycles. The molecule has 1 saturated heterocycles. The number of nitrogens with zero attached hydrogens (tertiary/aromatic N) is 1. The van der Waals surface area contributed by atoms with Crippen LogP contribution in [0.25, 0.3) is 0 Å². The first kappa shape index (κ1) is 15.0. The van der Waals surface area contributed by atoms with Crippen molar-refractivity contribution >= 4 is 11.8 Å². The molecule has 2 aliphatic rings. The minimum absolute atomic E-state index is 0.0148. The van der Waals surface area contributed by atoms with Crippen molar-refractivity contribution < 1.29 is 14.0 Å². The third-order valence-electron chi connectivity index (χ3n) is 4.55. The lowest BCUT2D eigenvalue weighted by Crippen LogP contribution is -2.39. The first-order valence-electron chi connectivity index (χ1n) is 7.94. The molecule has 2 amide bonds. The largest absolute Gasteiger partial charge is 0.351 e. The molecule has 1 heterocycles. The van der Waals surface area contributed by atoms with Crippen LogP contribution < -0.4 is 5.32 Å². The lowest BCUT2D eigenvalue weighted by molar-refractivity contribution is -0.128. The summed E-state index contributed by atoms with van der Waals surface area (Å²) in [6.07, 6.45) is 4.49. The standard InChI is InChI=1S/C17H21FN2O2/c18-14-7-3-4-12(8-14)10-20-11-15(9-16(20)21)19-17(22)13-5-1-2-6-13/h3-4,7-8,13,15H,1-2,5-6,9-11H2,(H,19,22)/t15-/m1/s1. The van der Waals surface area contributed by atoms with Gasteiger partial charge in [-0.2, -0.15) is 0 Å². The maximum Gasteiger partial charge on any atom is 0.225 e. The monoisotopic (exact) mass is 304 g/mol. The van der Waals surface area contributed by atoms with E-state index >= 15 is 0 Å². The molecule has 22 heavy (non-hydrogen) atoms. The second-order valence-electron chi connectivity index (χ2n) is 6.30. The quantitative estimate of drug-likeness (QED) is 0.927. The van der Waals surface area contributed by atoms with Gasteiger partial charge in [0.25, 0.3) is 0 Å². The molecule has 2 fully saturated rings. The average Bonchev–Trinajstić information content (AvgIpc) is 3.10. The summed E-state index contributed by atoms with van der Waals surface area (Å²) in [5.74, 6) is -0.0773. The molecule has 0 radical (unpaired) electrons. The van der Waals surface area contributed by atoms with E-state index in [1.54, 1.807) is 17.0 Å². The predicted molar refractivity (Wildman–Crippen MR) is 80.3 cm³/mol. The molecule has 0 bridgehead atoms. The molecular formula is C17H21FN2O2. The number of carbonyl (C=O) groups is 2. The van der Waals surface area contributed by atoms with E-state index in [4.69, 9.17) is 0 Å². The Morgan fingerprint density at radius 2 is 2.09 bits per heavy atom. The molecule has 118 valence electrons. The summed E-state index contributed by atoms with van der Waals surface area (Å²) >= 11 is 0. The van der Waals surface area contributed by atoms with Crippen LogP contribution in [0, 0.1) is 11.7 Å². The molecule has 0 spiro atoms. The van der Waals surface area contributed by atoms with Gasteiger partial charge < -0.3 is 10.2 Å². The maximum atomic E-state index is 13.2. The normalized spacial score (nSPS) is 22.3. The van der Waals surface area contributed by atoms with E-state index in [-0.39, 0.29) is 29.6 Å². The smallest absolute Gasteiger partial charge is 0.225 e. The number of likely N-dealkylation sites (tertiary alicyclic amines) is 1. The van der Waals surface area contributed by atoms with Crippen LogP contribution in [-0.2, 0) is 16.1 Å². The van der Waals surface area contributed by atoms with Crippen LogP contribution in [0.4, 0.5) is 4.39 Å². The van der Waals surface area contributed by atoms with E-state index < -0.39 is 0 Å². The van der Waals surface area contributed by atoms with Gasteiger partial charge in [-0.05, 0) is 30.5 Å². The second-order valence-corrected chi connectivity index (χ2v) is 6.30. The minimum atomic E-state index is -0.296. The van der Waals surface area contributed by atoms with E-state index in [9.17, 15) is 14.0 Å². The van der Waals surface area contributed by atoms with Crippen LogP contribution in [0.2, 0.25) is 0 Å². The fraction of sp³-hybridized carbons (Fsp3) is 0.529. The van der Waals surface area contributed by atoms with Crippen molar-refractivity contribution in [3.8, 4) is 0 Å². The third-order valence-corrected chi connectivity index (χ3v) is 4.55. The maximum absolute atomic E-state index is 13.2. The summed E-state index contributed by atoms with van der Waals surface area (Å²) in [6.45, 7) is 0.903. The number of halogens is 1. The number of amides is 2. The summed E-state index contributed by atoms with van der Waals surface area (Å²) in [6, 6.07) is 6.16. The van der Waals surface area contributed by atoms with Crippen LogP contribution in [-0.4, -0.2) is 29.3 Å². The molecule has 1 aliphatic heterocycles. The van der Waals surface area contributed by atoms with Crippen molar-refractivity contribution in [2.45, 2.75) is 44.7 Å². The predicted octanol–water partition coefficient (Wildman–Crippen LogP) is 2.23. The zero-order valence-electron chi connectivity index (χ0n) is 12.6. The van der Waals surface area contributed by atoms with E-state index in [2.05, 4.69) is 5.32 Å². The summed E-state index contributed by atoms with van der Waals surface area (Å²) in [5, 5.41) is 3.00. The summed E-state index contributed by atoms with van der Waals surface area (Å²) in [4.78, 5) is 25.9. The molecule has 0 unspecified atom stereocenters. The van der Waals surface area contributed by atoms with Crippen LogP contribution in [0.15, 0.2) is 24.3 Å². The highest BCUT2D eigenvalue weighted by Crippen LogP contribution is 2.25. The first-order chi connectivity index (χ1) is 10.6. The molecule has 1 aromatic carbocycles. The number of nitrogens with one attached hydrogen (secondary N) is 1. The lowest BCUT2D eigenvalue weighted by Gasteiger charge is -2.18. The molecule has 1 atom stereocenters. The Kier molecular flexibility index (Phi) is 4.41. The Morgan fingerprint density at radius 3 is 2.82 bits per heavy atom. The van der Waals surface area contributed by atoms with E-state index in [0.29, 0.717) is 19.5 Å². The van der Waals surface area contributed by atoms with E-state index in [0.717, 1.165) is 31.2 Å². The topological polar surface area (TPSA) is 49.4 Å². The van der Waals surface area contributed by atoms with Gasteiger partial charge in [0.1, 0.15) is 5.82 Å². The zero-order chi connectivity index (χ0) is 15.5. The minimum Gasteiger partial charge on any atom is -0.351 e. The molecule has 1 aromatic rings. The van der Waals surface area contributed by atoms with Gasteiger partial charge in [0.05, 0.1) is 6.04 Å².